The summed E-state index contributed by atoms with van der Waals surface area (Å²) in [5.74, 6) is 2.75. The Hall–Kier alpha value is 0.700. The summed E-state index contributed by atoms with van der Waals surface area (Å²) in [7, 11) is 4.27. The minimum Gasteiger partial charge on any atom is -0.0942 e. The highest BCUT2D eigenvalue weighted by Crippen LogP contribution is 2.25. The second-order valence-electron chi connectivity index (χ2n) is 9.42. The van der Waals surface area contributed by atoms with E-state index in [-0.39, 0.29) is 0 Å². The Morgan fingerprint density at radius 2 is 0.467 bits per heavy atom. The van der Waals surface area contributed by atoms with Crippen LogP contribution in [-0.4, -0.2) is 11.5 Å². The van der Waals surface area contributed by atoms with Crippen molar-refractivity contribution < 1.29 is 0 Å². The summed E-state index contributed by atoms with van der Waals surface area (Å²) in [6.07, 6.45) is 35.0. The summed E-state index contributed by atoms with van der Waals surface area (Å²) in [4.78, 5) is 0. The van der Waals surface area contributed by atoms with Gasteiger partial charge in [-0.15, -0.1) is 0 Å². The van der Waals surface area contributed by atoms with Crippen LogP contribution in [0.25, 0.3) is 0 Å². The van der Waals surface area contributed by atoms with E-state index < -0.39 is 0 Å². The van der Waals surface area contributed by atoms with Gasteiger partial charge in [0.05, 0.1) is 0 Å². The minimum atomic E-state index is 1.37. The van der Waals surface area contributed by atoms with Gasteiger partial charge < -0.3 is 0 Å². The summed E-state index contributed by atoms with van der Waals surface area (Å²) in [5.41, 5.74) is 0. The Morgan fingerprint density at radius 3 is 0.700 bits per heavy atom. The van der Waals surface area contributed by atoms with Crippen molar-refractivity contribution in [3.8, 4) is 0 Å². The molecule has 0 saturated carbocycles. The molecule has 0 N–H and O–H groups in total. The van der Waals surface area contributed by atoms with Gasteiger partial charge in [-0.2, -0.15) is 0 Å². The Balaban J connectivity index is 2.97. The van der Waals surface area contributed by atoms with E-state index in [0.717, 1.165) is 0 Å². The molecule has 0 heterocycles. The maximum Gasteiger partial charge on any atom is 0.00369 e. The van der Waals surface area contributed by atoms with Crippen LogP contribution < -0.4 is 0 Å². The fraction of sp³-hybridized carbons (Fsp3) is 1.00. The standard InChI is InChI=1S/C28H58S2/c1-3-5-7-9-11-13-15-16-17-18-20-22-24-26-28-30-29-27-25-23-21-19-14-12-10-8-6-4-2/h3-28H2,1-2H3. The van der Waals surface area contributed by atoms with E-state index in [1.165, 1.54) is 166 Å². The van der Waals surface area contributed by atoms with E-state index in [1.807, 2.05) is 0 Å². The Labute approximate surface area is 200 Å². The largest absolute Gasteiger partial charge is 0.0942 e. The van der Waals surface area contributed by atoms with Crippen LogP contribution in [0.5, 0.6) is 0 Å². The molecule has 0 unspecified atom stereocenters. The lowest BCUT2D eigenvalue weighted by Gasteiger charge is -2.04. The predicted molar refractivity (Wildman–Crippen MR) is 147 cm³/mol. The van der Waals surface area contributed by atoms with Crippen molar-refractivity contribution in [2.45, 2.75) is 168 Å². The molecule has 0 bridgehead atoms. The van der Waals surface area contributed by atoms with Gasteiger partial charge in [-0.1, -0.05) is 177 Å². The summed E-state index contributed by atoms with van der Waals surface area (Å²) in [5, 5.41) is 0. The van der Waals surface area contributed by atoms with Crippen LogP contribution in [0.2, 0.25) is 0 Å². The minimum absolute atomic E-state index is 1.37. The number of hydrogen-bond acceptors (Lipinski definition) is 2. The molecule has 0 aromatic heterocycles. The first kappa shape index (κ1) is 30.7. The first-order valence-corrected chi connectivity index (χ1v) is 16.6. The Kier molecular flexibility index (Phi) is 30.4. The molecular weight excluding hydrogens is 400 g/mol. The van der Waals surface area contributed by atoms with Crippen molar-refractivity contribution in [3.05, 3.63) is 0 Å². The first-order chi connectivity index (χ1) is 14.9. The molecule has 0 nitrogen and oxygen atoms in total. The van der Waals surface area contributed by atoms with E-state index >= 15 is 0 Å². The van der Waals surface area contributed by atoms with Gasteiger partial charge in [0.2, 0.25) is 0 Å². The third-order valence-corrected chi connectivity index (χ3v) is 8.82. The fourth-order valence-corrected chi connectivity index (χ4v) is 6.42. The monoisotopic (exact) mass is 458 g/mol. The maximum atomic E-state index is 2.30. The van der Waals surface area contributed by atoms with Crippen molar-refractivity contribution in [1.29, 1.82) is 0 Å². The Bertz CT molecular complexity index is 252. The van der Waals surface area contributed by atoms with E-state index in [4.69, 9.17) is 0 Å². The number of rotatable bonds is 27. The van der Waals surface area contributed by atoms with Crippen LogP contribution in [0.4, 0.5) is 0 Å². The zero-order valence-electron chi connectivity index (χ0n) is 21.2. The molecule has 0 atom stereocenters. The summed E-state index contributed by atoms with van der Waals surface area (Å²) >= 11 is 0. The molecule has 0 aromatic rings. The third-order valence-electron chi connectivity index (χ3n) is 6.25. The van der Waals surface area contributed by atoms with E-state index in [1.54, 1.807) is 0 Å². The van der Waals surface area contributed by atoms with Crippen molar-refractivity contribution in [1.82, 2.24) is 0 Å². The predicted octanol–water partition coefficient (Wildman–Crippen LogP) is 11.8. The van der Waals surface area contributed by atoms with E-state index in [9.17, 15) is 0 Å². The van der Waals surface area contributed by atoms with Gasteiger partial charge in [0.1, 0.15) is 0 Å². The van der Waals surface area contributed by atoms with Crippen LogP contribution in [0.3, 0.4) is 0 Å². The van der Waals surface area contributed by atoms with Crippen LogP contribution >= 0.6 is 21.6 Å². The molecule has 0 aromatic carbocycles. The average molecular weight is 459 g/mol. The van der Waals surface area contributed by atoms with Crippen LogP contribution in [0.1, 0.15) is 168 Å². The maximum absolute atomic E-state index is 2.30. The number of hydrogen-bond donors (Lipinski definition) is 0. The SMILES string of the molecule is CCCCCCCCCCCCCCCCSSCCCCCCCCCCCC. The van der Waals surface area contributed by atoms with Gasteiger partial charge in [-0.25, -0.2) is 0 Å². The third kappa shape index (κ3) is 28.7. The highest BCUT2D eigenvalue weighted by molar-refractivity contribution is 8.76. The van der Waals surface area contributed by atoms with Gasteiger partial charge in [0.25, 0.3) is 0 Å². The number of unbranched alkanes of at least 4 members (excludes halogenated alkanes) is 22. The van der Waals surface area contributed by atoms with Gasteiger partial charge >= 0.3 is 0 Å². The van der Waals surface area contributed by atoms with Gasteiger partial charge in [0.15, 0.2) is 0 Å². The second kappa shape index (κ2) is 29.7. The van der Waals surface area contributed by atoms with Gasteiger partial charge in [0, 0.05) is 11.5 Å². The molecule has 0 radical (unpaired) electrons. The summed E-state index contributed by atoms with van der Waals surface area (Å²) < 4.78 is 0. The summed E-state index contributed by atoms with van der Waals surface area (Å²) in [6.45, 7) is 4.61. The van der Waals surface area contributed by atoms with Crippen molar-refractivity contribution >= 4 is 21.6 Å². The quantitative estimate of drug-likeness (QED) is 0.0886. The van der Waals surface area contributed by atoms with Crippen LogP contribution in [0.15, 0.2) is 0 Å². The molecule has 182 valence electrons. The van der Waals surface area contributed by atoms with Crippen molar-refractivity contribution in [2.24, 2.45) is 0 Å². The van der Waals surface area contributed by atoms with Crippen molar-refractivity contribution in [3.63, 3.8) is 0 Å². The van der Waals surface area contributed by atoms with E-state index in [2.05, 4.69) is 35.4 Å². The lowest BCUT2D eigenvalue weighted by Crippen LogP contribution is -1.85. The van der Waals surface area contributed by atoms with Crippen LogP contribution in [0, 0.1) is 0 Å². The first-order valence-electron chi connectivity index (χ1n) is 14.2. The molecule has 0 amide bonds. The lowest BCUT2D eigenvalue weighted by atomic mass is 10.0. The molecule has 30 heavy (non-hydrogen) atoms. The lowest BCUT2D eigenvalue weighted by molar-refractivity contribution is 0.538. The molecule has 0 rings (SSSR count). The van der Waals surface area contributed by atoms with Gasteiger partial charge in [-0.05, 0) is 12.8 Å². The molecule has 0 saturated heterocycles. The molecule has 2 heteroatoms. The molecular formula is C28H58S2. The second-order valence-corrected chi connectivity index (χ2v) is 12.1. The molecule has 0 aliphatic carbocycles. The smallest absolute Gasteiger partial charge is 0.00369 e. The molecule has 0 spiro atoms. The van der Waals surface area contributed by atoms with E-state index in [0.29, 0.717) is 0 Å². The summed E-state index contributed by atoms with van der Waals surface area (Å²) in [6, 6.07) is 0. The van der Waals surface area contributed by atoms with Crippen molar-refractivity contribution in [2.75, 3.05) is 11.5 Å². The van der Waals surface area contributed by atoms with Gasteiger partial charge in [-0.3, -0.25) is 0 Å². The zero-order valence-corrected chi connectivity index (χ0v) is 22.8. The highest BCUT2D eigenvalue weighted by Gasteiger charge is 1.96. The molecule has 0 aliphatic rings. The fourth-order valence-electron chi connectivity index (χ4n) is 4.12. The topological polar surface area (TPSA) is 0 Å². The molecule has 0 aliphatic heterocycles. The normalized spacial score (nSPS) is 11.4. The Morgan fingerprint density at radius 1 is 0.267 bits per heavy atom. The zero-order chi connectivity index (χ0) is 21.8. The average Bonchev–Trinajstić information content (AvgIpc) is 2.76. The van der Waals surface area contributed by atoms with Crippen LogP contribution in [-0.2, 0) is 0 Å². The highest BCUT2D eigenvalue weighted by atomic mass is 33.1. The molecule has 0 fully saturated rings.